The molecule has 0 aliphatic heterocycles. The van der Waals surface area contributed by atoms with E-state index in [2.05, 4.69) is 146 Å². The van der Waals surface area contributed by atoms with E-state index in [4.69, 9.17) is 29.1 Å². The van der Waals surface area contributed by atoms with E-state index in [1.165, 1.54) is 180 Å². The van der Waals surface area contributed by atoms with E-state index in [9.17, 15) is 0 Å². The molecule has 0 saturated carbocycles. The Balaban J connectivity index is 1.19. The second-order valence-electron chi connectivity index (χ2n) is 22.4. The highest BCUT2D eigenvalue weighted by atomic mass is 16.5. The Morgan fingerprint density at radius 2 is 0.481 bits per heavy atom. The van der Waals surface area contributed by atoms with E-state index in [0.717, 1.165) is 120 Å². The lowest BCUT2D eigenvalue weighted by Crippen LogP contribution is -2.13. The van der Waals surface area contributed by atoms with E-state index in [0.29, 0.717) is 6.67 Å². The third-order valence-corrected chi connectivity index (χ3v) is 15.5. The maximum Gasteiger partial charge on any atom is 0.134 e. The number of unbranched alkanes of at least 4 members (excludes halogenated alkanes) is 28. The average molecular weight is 1080 g/mol. The molecule has 2 aromatic heterocycles. The minimum absolute atomic E-state index is 0.400. The lowest BCUT2D eigenvalue weighted by Gasteiger charge is -2.13. The van der Waals surface area contributed by atoms with Crippen LogP contribution < -0.4 is 18.9 Å². The van der Waals surface area contributed by atoms with Crippen LogP contribution in [-0.2, 0) is 6.67 Å². The third-order valence-electron chi connectivity index (χ3n) is 15.5. The van der Waals surface area contributed by atoms with Crippen molar-refractivity contribution in [2.24, 2.45) is 0 Å². The van der Waals surface area contributed by atoms with Crippen LogP contribution in [0.4, 0.5) is 0 Å². The van der Waals surface area contributed by atoms with Gasteiger partial charge in [-0.15, -0.1) is 0 Å². The van der Waals surface area contributed by atoms with Crippen molar-refractivity contribution < 1.29 is 18.9 Å². The third kappa shape index (κ3) is 24.0. The fraction of sp³-hybridized carbons (Fsp3) is 0.577. The van der Waals surface area contributed by atoms with Crippen molar-refractivity contribution in [1.29, 1.82) is 0 Å². The summed E-state index contributed by atoms with van der Waals surface area (Å²) in [4.78, 5) is 0. The second kappa shape index (κ2) is 39.0. The zero-order valence-corrected chi connectivity index (χ0v) is 50.0. The van der Waals surface area contributed by atoms with Gasteiger partial charge in [-0.3, -0.25) is 0 Å². The molecule has 0 atom stereocenters. The number of benzene rings is 4. The molecule has 0 aliphatic rings. The summed E-state index contributed by atoms with van der Waals surface area (Å²) >= 11 is 0. The standard InChI is InChI=1S/C71H104N4O4/c1-5-9-13-17-21-25-29-33-53-76-64-45-37-60(38-46-64)68-57-70(62-41-49-66(50-42-62)78-55-35-31-27-23-19-15-11-7-3)74(72-68)59-75-71(63-43-51-67(52-44-63)79-56-36-32-28-24-20-16-12-8-4)58-69(73-75)61-39-47-65(48-40-61)77-54-34-30-26-22-18-14-10-6-2/h37-52,57-58H,5-36,53-56,59H2,1-4H3. The number of nitrogens with zero attached hydrogens (tertiary/aromatic N) is 4. The number of rotatable bonds is 46. The smallest absolute Gasteiger partial charge is 0.134 e. The van der Waals surface area contributed by atoms with Crippen LogP contribution in [0.2, 0.25) is 0 Å². The molecule has 0 radical (unpaired) electrons. The fourth-order valence-corrected chi connectivity index (χ4v) is 10.5. The topological polar surface area (TPSA) is 72.6 Å². The molecular formula is C71H104N4O4. The van der Waals surface area contributed by atoms with Gasteiger partial charge < -0.3 is 18.9 Å². The van der Waals surface area contributed by atoms with Crippen molar-refractivity contribution in [3.05, 3.63) is 109 Å². The molecule has 8 heteroatoms. The second-order valence-corrected chi connectivity index (χ2v) is 22.4. The van der Waals surface area contributed by atoms with Gasteiger partial charge in [-0.05, 0) is 135 Å². The van der Waals surface area contributed by atoms with Gasteiger partial charge in [0.2, 0.25) is 0 Å². The lowest BCUT2D eigenvalue weighted by molar-refractivity contribution is 0.304. The molecular weight excluding hydrogens is 973 g/mol. The summed E-state index contributed by atoms with van der Waals surface area (Å²) in [5, 5.41) is 10.7. The molecule has 8 nitrogen and oxygen atoms in total. The molecule has 0 N–H and O–H groups in total. The molecule has 432 valence electrons. The summed E-state index contributed by atoms with van der Waals surface area (Å²) in [5.74, 6) is 3.59. The Kier molecular flexibility index (Phi) is 30.9. The summed E-state index contributed by atoms with van der Waals surface area (Å²) in [6.07, 6.45) is 41.1. The Hall–Kier alpha value is -5.50. The number of hydrogen-bond acceptors (Lipinski definition) is 6. The monoisotopic (exact) mass is 1080 g/mol. The van der Waals surface area contributed by atoms with E-state index in [-0.39, 0.29) is 0 Å². The van der Waals surface area contributed by atoms with Gasteiger partial charge in [-0.1, -0.05) is 207 Å². The van der Waals surface area contributed by atoms with Gasteiger partial charge in [0.05, 0.1) is 49.2 Å². The molecule has 0 amide bonds. The molecule has 6 rings (SSSR count). The Labute approximate surface area is 479 Å². The van der Waals surface area contributed by atoms with Gasteiger partial charge >= 0.3 is 0 Å². The van der Waals surface area contributed by atoms with Crippen molar-refractivity contribution in [1.82, 2.24) is 19.6 Å². The number of hydrogen-bond donors (Lipinski definition) is 0. The maximum atomic E-state index is 6.28. The number of ether oxygens (including phenoxy) is 4. The highest BCUT2D eigenvalue weighted by molar-refractivity contribution is 5.71. The van der Waals surface area contributed by atoms with Gasteiger partial charge in [-0.2, -0.15) is 10.2 Å². The van der Waals surface area contributed by atoms with Crippen LogP contribution in [0.3, 0.4) is 0 Å². The first-order valence-corrected chi connectivity index (χ1v) is 32.2. The zero-order valence-electron chi connectivity index (χ0n) is 50.0. The summed E-state index contributed by atoms with van der Waals surface area (Å²) < 4.78 is 29.2. The largest absolute Gasteiger partial charge is 0.494 e. The summed E-state index contributed by atoms with van der Waals surface area (Å²) in [7, 11) is 0. The van der Waals surface area contributed by atoms with E-state index in [1.807, 2.05) is 0 Å². The lowest BCUT2D eigenvalue weighted by atomic mass is 10.1. The fourth-order valence-electron chi connectivity index (χ4n) is 10.5. The van der Waals surface area contributed by atoms with Gasteiger partial charge in [0.25, 0.3) is 0 Å². The Morgan fingerprint density at radius 3 is 0.722 bits per heavy atom. The number of aromatic nitrogens is 4. The van der Waals surface area contributed by atoms with Crippen LogP contribution in [0.5, 0.6) is 23.0 Å². The molecule has 2 heterocycles. The van der Waals surface area contributed by atoms with E-state index >= 15 is 0 Å². The van der Waals surface area contributed by atoms with Gasteiger partial charge in [0, 0.05) is 22.3 Å². The molecule has 0 aliphatic carbocycles. The van der Waals surface area contributed by atoms with E-state index in [1.54, 1.807) is 0 Å². The Morgan fingerprint density at radius 1 is 0.266 bits per heavy atom. The van der Waals surface area contributed by atoms with Gasteiger partial charge in [-0.25, -0.2) is 9.36 Å². The van der Waals surface area contributed by atoms with Crippen molar-refractivity contribution >= 4 is 0 Å². The first-order valence-electron chi connectivity index (χ1n) is 32.2. The van der Waals surface area contributed by atoms with Crippen LogP contribution >= 0.6 is 0 Å². The average Bonchev–Trinajstić information content (AvgIpc) is 4.15. The van der Waals surface area contributed by atoms with Crippen LogP contribution in [-0.4, -0.2) is 46.0 Å². The quantitative estimate of drug-likeness (QED) is 0.0355. The predicted molar refractivity (Wildman–Crippen MR) is 334 cm³/mol. The molecule has 0 unspecified atom stereocenters. The highest BCUT2D eigenvalue weighted by Crippen LogP contribution is 2.33. The highest BCUT2D eigenvalue weighted by Gasteiger charge is 2.18. The SMILES string of the molecule is CCCCCCCCCCOc1ccc(-c2cc(-c3ccc(OCCCCCCCCCC)cc3)n(Cn3nc(-c4ccc(OCCCCCCCCCC)cc4)cc3-c3ccc(OCCCCCCCCCC)cc3)n2)cc1. The molecule has 0 bridgehead atoms. The van der Waals surface area contributed by atoms with Crippen molar-refractivity contribution in [2.75, 3.05) is 26.4 Å². The molecule has 79 heavy (non-hydrogen) atoms. The van der Waals surface area contributed by atoms with E-state index < -0.39 is 0 Å². The van der Waals surface area contributed by atoms with Crippen LogP contribution in [0.25, 0.3) is 45.0 Å². The summed E-state index contributed by atoms with van der Waals surface area (Å²) in [6.45, 7) is 12.5. The maximum absolute atomic E-state index is 6.28. The van der Waals surface area contributed by atoms with Crippen LogP contribution in [0, 0.1) is 0 Å². The molecule has 6 aromatic rings. The van der Waals surface area contributed by atoms with Gasteiger partial charge in [0.1, 0.15) is 29.7 Å². The van der Waals surface area contributed by atoms with Crippen molar-refractivity contribution in [3.63, 3.8) is 0 Å². The zero-order chi connectivity index (χ0) is 55.2. The molecule has 4 aromatic carbocycles. The first-order chi connectivity index (χ1) is 39.1. The summed E-state index contributed by atoms with van der Waals surface area (Å²) in [5.41, 5.74) is 8.02. The first kappa shape index (κ1) is 62.7. The predicted octanol–water partition coefficient (Wildman–Crippen LogP) is 21.3. The minimum atomic E-state index is 0.400. The normalized spacial score (nSPS) is 11.4. The van der Waals surface area contributed by atoms with Gasteiger partial charge in [0.15, 0.2) is 0 Å². The van der Waals surface area contributed by atoms with Crippen molar-refractivity contribution in [2.45, 2.75) is 240 Å². The van der Waals surface area contributed by atoms with Crippen LogP contribution in [0.1, 0.15) is 233 Å². The molecule has 0 spiro atoms. The summed E-state index contributed by atoms with van der Waals surface area (Å²) in [6, 6.07) is 38.4. The molecule has 0 saturated heterocycles. The van der Waals surface area contributed by atoms with Crippen LogP contribution in [0.15, 0.2) is 109 Å². The molecule has 0 fully saturated rings. The van der Waals surface area contributed by atoms with Crippen molar-refractivity contribution in [3.8, 4) is 68.0 Å². The minimum Gasteiger partial charge on any atom is -0.494 e. The Bertz CT molecular complexity index is 2270.